The maximum Gasteiger partial charge on any atom is 0.416 e. The minimum atomic E-state index is -4.35. The van der Waals surface area contributed by atoms with E-state index in [9.17, 15) is 18.0 Å². The fourth-order valence-corrected chi connectivity index (χ4v) is 3.22. The largest absolute Gasteiger partial charge is 0.416 e. The van der Waals surface area contributed by atoms with Gasteiger partial charge >= 0.3 is 6.18 Å². The van der Waals surface area contributed by atoms with Gasteiger partial charge in [-0.05, 0) is 42.7 Å². The molecule has 1 aliphatic heterocycles. The molecule has 2 aromatic carbocycles. The van der Waals surface area contributed by atoms with Gasteiger partial charge in [0, 0.05) is 12.7 Å². The molecule has 1 unspecified atom stereocenters. The Morgan fingerprint density at radius 1 is 1.04 bits per heavy atom. The molecule has 0 saturated heterocycles. The molecular weight excluding hydrogens is 303 g/mol. The van der Waals surface area contributed by atoms with Crippen molar-refractivity contribution in [2.24, 2.45) is 0 Å². The summed E-state index contributed by atoms with van der Waals surface area (Å²) >= 11 is 0. The summed E-state index contributed by atoms with van der Waals surface area (Å²) in [6.45, 7) is 1.84. The van der Waals surface area contributed by atoms with E-state index in [4.69, 9.17) is 0 Å². The Hall–Kier alpha value is -2.30. The molecule has 23 heavy (non-hydrogen) atoms. The van der Waals surface area contributed by atoms with Gasteiger partial charge < -0.3 is 4.90 Å². The molecule has 3 rings (SSSR count). The van der Waals surface area contributed by atoms with Crippen LogP contribution < -0.4 is 4.90 Å². The van der Waals surface area contributed by atoms with Crippen molar-refractivity contribution in [3.05, 3.63) is 65.2 Å². The van der Waals surface area contributed by atoms with Crippen molar-refractivity contribution in [3.8, 4) is 0 Å². The van der Waals surface area contributed by atoms with Gasteiger partial charge in [-0.25, -0.2) is 0 Å². The highest BCUT2D eigenvalue weighted by atomic mass is 19.4. The molecule has 0 N–H and O–H groups in total. The van der Waals surface area contributed by atoms with Crippen LogP contribution in [0.1, 0.15) is 23.6 Å². The average molecular weight is 319 g/mol. The molecule has 1 atom stereocenters. The zero-order chi connectivity index (χ0) is 16.8. The number of para-hydroxylation sites is 1. The third kappa shape index (κ3) is 2.50. The molecule has 2 nitrogen and oxygen atoms in total. The van der Waals surface area contributed by atoms with Crippen molar-refractivity contribution in [2.75, 3.05) is 11.9 Å². The fraction of sp³-hybridized carbons (Fsp3) is 0.278. The number of rotatable bonds is 2. The van der Waals surface area contributed by atoms with E-state index < -0.39 is 17.2 Å². The van der Waals surface area contributed by atoms with Crippen LogP contribution in [0.3, 0.4) is 0 Å². The molecule has 2 aromatic rings. The average Bonchev–Trinajstić information content (AvgIpc) is 2.70. The highest BCUT2D eigenvalue weighted by Gasteiger charge is 2.45. The molecule has 0 aromatic heterocycles. The van der Waals surface area contributed by atoms with E-state index in [1.54, 1.807) is 11.9 Å². The number of likely N-dealkylation sites (N-methyl/N-ethyl adjacent to an activating group) is 1. The Morgan fingerprint density at radius 2 is 1.65 bits per heavy atom. The second kappa shape index (κ2) is 5.11. The molecule has 0 radical (unpaired) electrons. The highest BCUT2D eigenvalue weighted by Crippen LogP contribution is 2.43. The lowest BCUT2D eigenvalue weighted by atomic mass is 9.78. The summed E-state index contributed by atoms with van der Waals surface area (Å²) < 4.78 is 37.9. The van der Waals surface area contributed by atoms with Crippen molar-refractivity contribution in [2.45, 2.75) is 24.9 Å². The van der Waals surface area contributed by atoms with Crippen LogP contribution in [0.2, 0.25) is 0 Å². The Balaban J connectivity index is 1.95. The molecule has 1 aliphatic rings. The zero-order valence-electron chi connectivity index (χ0n) is 12.8. The van der Waals surface area contributed by atoms with Crippen molar-refractivity contribution in [1.29, 1.82) is 0 Å². The number of halogens is 3. The maximum absolute atomic E-state index is 12.7. The Kier molecular flexibility index (Phi) is 3.47. The first-order chi connectivity index (χ1) is 10.7. The maximum atomic E-state index is 12.7. The third-order valence-electron chi connectivity index (χ3n) is 4.48. The molecule has 5 heteroatoms. The summed E-state index contributed by atoms with van der Waals surface area (Å²) in [5.74, 6) is -0.0430. The normalized spacial score (nSPS) is 20.7. The van der Waals surface area contributed by atoms with Gasteiger partial charge in [0.25, 0.3) is 0 Å². The summed E-state index contributed by atoms with van der Waals surface area (Å²) in [6, 6.07) is 12.5. The van der Waals surface area contributed by atoms with Gasteiger partial charge in [0.15, 0.2) is 0 Å². The number of carbonyl (C=O) groups is 1. The van der Waals surface area contributed by atoms with Crippen LogP contribution in [0.4, 0.5) is 18.9 Å². The predicted octanol–water partition coefficient (Wildman–Crippen LogP) is 4.18. The lowest BCUT2D eigenvalue weighted by molar-refractivity contribution is -0.137. The number of nitrogens with zero attached hydrogens (tertiary/aromatic N) is 1. The van der Waals surface area contributed by atoms with Crippen LogP contribution >= 0.6 is 0 Å². The van der Waals surface area contributed by atoms with Gasteiger partial charge in [-0.1, -0.05) is 30.3 Å². The Labute approximate surface area is 132 Å². The number of anilines is 1. The minimum Gasteiger partial charge on any atom is -0.314 e. The summed E-state index contributed by atoms with van der Waals surface area (Å²) in [4.78, 5) is 14.3. The molecule has 1 heterocycles. The first kappa shape index (κ1) is 15.6. The van der Waals surface area contributed by atoms with E-state index in [0.717, 1.165) is 23.4 Å². The van der Waals surface area contributed by atoms with Gasteiger partial charge in [0.05, 0.1) is 11.0 Å². The van der Waals surface area contributed by atoms with Gasteiger partial charge in [0.2, 0.25) is 5.91 Å². The summed E-state index contributed by atoms with van der Waals surface area (Å²) in [6.07, 6.45) is -3.98. The van der Waals surface area contributed by atoms with E-state index in [0.29, 0.717) is 12.0 Å². The van der Waals surface area contributed by atoms with Crippen LogP contribution in [0.25, 0.3) is 0 Å². The van der Waals surface area contributed by atoms with Crippen molar-refractivity contribution in [1.82, 2.24) is 0 Å². The second-order valence-corrected chi connectivity index (χ2v) is 6.08. The molecular formula is C18H16F3NO. The minimum absolute atomic E-state index is 0.0430. The van der Waals surface area contributed by atoms with Gasteiger partial charge in [-0.2, -0.15) is 13.2 Å². The zero-order valence-corrected chi connectivity index (χ0v) is 12.8. The highest BCUT2D eigenvalue weighted by molar-refractivity contribution is 6.07. The summed E-state index contributed by atoms with van der Waals surface area (Å²) in [7, 11) is 1.72. The summed E-state index contributed by atoms with van der Waals surface area (Å²) in [5, 5.41) is 0. The third-order valence-corrected chi connectivity index (χ3v) is 4.48. The van der Waals surface area contributed by atoms with Crippen molar-refractivity contribution < 1.29 is 18.0 Å². The van der Waals surface area contributed by atoms with Gasteiger partial charge in [-0.15, -0.1) is 0 Å². The first-order valence-electron chi connectivity index (χ1n) is 7.27. The predicted molar refractivity (Wildman–Crippen MR) is 82.4 cm³/mol. The van der Waals surface area contributed by atoms with E-state index in [2.05, 4.69) is 0 Å². The van der Waals surface area contributed by atoms with Crippen LogP contribution in [0.15, 0.2) is 48.5 Å². The summed E-state index contributed by atoms with van der Waals surface area (Å²) in [5.41, 5.74) is 1.03. The lowest BCUT2D eigenvalue weighted by Crippen LogP contribution is -2.37. The smallest absolute Gasteiger partial charge is 0.314 e. The standard InChI is InChI=1S/C18H16F3NO/c1-17(11-12-7-9-13(10-8-12)18(19,20)21)14-5-3-4-6-15(14)22(2)16(17)23/h3-10H,11H2,1-2H3. The van der Waals surface area contributed by atoms with Crippen molar-refractivity contribution >= 4 is 11.6 Å². The quantitative estimate of drug-likeness (QED) is 0.813. The van der Waals surface area contributed by atoms with Crippen LogP contribution in [0.5, 0.6) is 0 Å². The number of carbonyl (C=O) groups excluding carboxylic acids is 1. The SMILES string of the molecule is CN1C(=O)C(C)(Cc2ccc(C(F)(F)F)cc2)c2ccccc21. The van der Waals surface area contributed by atoms with Crippen LogP contribution in [-0.2, 0) is 22.8 Å². The number of hydrogen-bond acceptors (Lipinski definition) is 1. The monoisotopic (exact) mass is 319 g/mol. The van der Waals surface area contributed by atoms with Crippen LogP contribution in [-0.4, -0.2) is 13.0 Å². The second-order valence-electron chi connectivity index (χ2n) is 6.08. The van der Waals surface area contributed by atoms with E-state index in [1.807, 2.05) is 31.2 Å². The molecule has 0 spiro atoms. The Bertz CT molecular complexity index is 752. The number of amides is 1. The van der Waals surface area contributed by atoms with E-state index >= 15 is 0 Å². The van der Waals surface area contributed by atoms with E-state index in [1.165, 1.54) is 12.1 Å². The molecule has 0 bridgehead atoms. The molecule has 1 amide bonds. The molecule has 0 aliphatic carbocycles. The molecule has 0 fully saturated rings. The number of alkyl halides is 3. The molecule has 120 valence electrons. The number of fused-ring (bicyclic) bond motifs is 1. The Morgan fingerprint density at radius 3 is 2.26 bits per heavy atom. The number of hydrogen-bond donors (Lipinski definition) is 0. The van der Waals surface area contributed by atoms with Crippen molar-refractivity contribution in [3.63, 3.8) is 0 Å². The molecule has 0 saturated carbocycles. The van der Waals surface area contributed by atoms with E-state index in [-0.39, 0.29) is 5.91 Å². The van der Waals surface area contributed by atoms with Gasteiger partial charge in [-0.3, -0.25) is 4.79 Å². The first-order valence-corrected chi connectivity index (χ1v) is 7.27. The van der Waals surface area contributed by atoms with Crippen LogP contribution in [0, 0.1) is 0 Å². The topological polar surface area (TPSA) is 20.3 Å². The number of benzene rings is 2. The van der Waals surface area contributed by atoms with Gasteiger partial charge in [0.1, 0.15) is 0 Å². The lowest BCUT2D eigenvalue weighted by Gasteiger charge is -2.23. The fourth-order valence-electron chi connectivity index (χ4n) is 3.22.